The van der Waals surface area contributed by atoms with Crippen LogP contribution in [0.5, 0.6) is 5.75 Å². The van der Waals surface area contributed by atoms with Crippen molar-refractivity contribution in [1.29, 1.82) is 0 Å². The fourth-order valence-electron chi connectivity index (χ4n) is 1.81. The van der Waals surface area contributed by atoms with E-state index in [-0.39, 0.29) is 11.2 Å². The fourth-order valence-corrected chi connectivity index (χ4v) is 1.81. The van der Waals surface area contributed by atoms with E-state index in [9.17, 15) is 4.39 Å². The van der Waals surface area contributed by atoms with E-state index in [1.807, 2.05) is 18.2 Å². The Balaban J connectivity index is 2.20. The Labute approximate surface area is 108 Å². The van der Waals surface area contributed by atoms with Crippen LogP contribution in [-0.2, 0) is 0 Å². The minimum atomic E-state index is -0.227. The maximum absolute atomic E-state index is 13.3. The van der Waals surface area contributed by atoms with Crippen molar-refractivity contribution in [1.82, 2.24) is 0 Å². The van der Waals surface area contributed by atoms with Gasteiger partial charge >= 0.3 is 0 Å². The smallest absolute Gasteiger partial charge is 0.127 e. The van der Waals surface area contributed by atoms with Crippen LogP contribution in [0.15, 0.2) is 36.4 Å². The zero-order valence-electron chi connectivity index (χ0n) is 11.2. The van der Waals surface area contributed by atoms with E-state index in [1.165, 1.54) is 12.1 Å². The molecule has 1 nitrogen and oxygen atoms in total. The first-order valence-electron chi connectivity index (χ1n) is 6.27. The van der Waals surface area contributed by atoms with Gasteiger partial charge in [-0.25, -0.2) is 4.39 Å². The van der Waals surface area contributed by atoms with E-state index in [0.29, 0.717) is 6.61 Å². The summed E-state index contributed by atoms with van der Waals surface area (Å²) in [6.07, 6.45) is 0.971. The molecule has 0 radical (unpaired) electrons. The average molecular weight is 246 g/mol. The predicted molar refractivity (Wildman–Crippen MR) is 73.5 cm³/mol. The summed E-state index contributed by atoms with van der Waals surface area (Å²) in [6, 6.07) is 10.6. The number of hydrogen-bond acceptors (Lipinski definition) is 1. The summed E-state index contributed by atoms with van der Waals surface area (Å²) in [6.45, 7) is 7.19. The second kappa shape index (κ2) is 4.97. The van der Waals surface area contributed by atoms with Crippen molar-refractivity contribution in [2.45, 2.75) is 27.2 Å². The number of hydrogen-bond donors (Lipinski definition) is 0. The second-order valence-corrected chi connectivity index (χ2v) is 5.78. The summed E-state index contributed by atoms with van der Waals surface area (Å²) in [7, 11) is 0. The lowest BCUT2D eigenvalue weighted by Crippen LogP contribution is -2.11. The lowest BCUT2D eigenvalue weighted by atomic mass is 9.93. The highest BCUT2D eigenvalue weighted by molar-refractivity contribution is 5.88. The van der Waals surface area contributed by atoms with E-state index in [0.717, 1.165) is 22.9 Å². The largest absolute Gasteiger partial charge is 0.493 e. The van der Waals surface area contributed by atoms with Gasteiger partial charge in [-0.1, -0.05) is 39.0 Å². The third kappa shape index (κ3) is 3.22. The molecule has 0 heterocycles. The van der Waals surface area contributed by atoms with Crippen LogP contribution in [0.2, 0.25) is 0 Å². The third-order valence-electron chi connectivity index (χ3n) is 2.91. The van der Waals surface area contributed by atoms with Crippen molar-refractivity contribution in [3.05, 3.63) is 42.2 Å². The van der Waals surface area contributed by atoms with Crippen molar-refractivity contribution < 1.29 is 9.13 Å². The van der Waals surface area contributed by atoms with Gasteiger partial charge in [0.05, 0.1) is 6.61 Å². The Hall–Kier alpha value is -1.57. The van der Waals surface area contributed by atoms with Gasteiger partial charge in [0.15, 0.2) is 0 Å². The molecular formula is C16H19FO. The maximum Gasteiger partial charge on any atom is 0.127 e. The molecule has 0 saturated carbocycles. The van der Waals surface area contributed by atoms with Crippen LogP contribution in [0.3, 0.4) is 0 Å². The first-order valence-corrected chi connectivity index (χ1v) is 6.27. The predicted octanol–water partition coefficient (Wildman–Crippen LogP) is 4.79. The first kappa shape index (κ1) is 12.9. The Morgan fingerprint density at radius 1 is 1.11 bits per heavy atom. The normalized spacial score (nSPS) is 11.8. The SMILES string of the molecule is CC(C)(C)CCOc1cccc2ccc(F)cc12. The zero-order chi connectivity index (χ0) is 13.2. The molecule has 96 valence electrons. The van der Waals surface area contributed by atoms with Crippen LogP contribution in [0.1, 0.15) is 27.2 Å². The van der Waals surface area contributed by atoms with Gasteiger partial charge in [0.1, 0.15) is 11.6 Å². The highest BCUT2D eigenvalue weighted by atomic mass is 19.1. The zero-order valence-corrected chi connectivity index (χ0v) is 11.2. The van der Waals surface area contributed by atoms with Crippen molar-refractivity contribution >= 4 is 10.8 Å². The second-order valence-electron chi connectivity index (χ2n) is 5.78. The van der Waals surface area contributed by atoms with Crippen LogP contribution < -0.4 is 4.74 Å². The van der Waals surface area contributed by atoms with E-state index >= 15 is 0 Å². The highest BCUT2D eigenvalue weighted by Crippen LogP contribution is 2.27. The van der Waals surface area contributed by atoms with Gasteiger partial charge in [-0.3, -0.25) is 0 Å². The van der Waals surface area contributed by atoms with Gasteiger partial charge in [-0.2, -0.15) is 0 Å². The van der Waals surface area contributed by atoms with Crippen LogP contribution in [0.25, 0.3) is 10.8 Å². The number of fused-ring (bicyclic) bond motifs is 1. The summed E-state index contributed by atoms with van der Waals surface area (Å²) < 4.78 is 19.1. The molecule has 0 atom stereocenters. The molecule has 0 amide bonds. The van der Waals surface area contributed by atoms with E-state index < -0.39 is 0 Å². The minimum Gasteiger partial charge on any atom is -0.493 e. The summed E-state index contributed by atoms with van der Waals surface area (Å²) in [5, 5.41) is 1.84. The van der Waals surface area contributed by atoms with Crippen LogP contribution in [0.4, 0.5) is 4.39 Å². The molecule has 0 aromatic heterocycles. The summed E-state index contributed by atoms with van der Waals surface area (Å²) in [5.41, 5.74) is 0.246. The highest BCUT2D eigenvalue weighted by Gasteiger charge is 2.10. The van der Waals surface area contributed by atoms with Gasteiger partial charge in [-0.05, 0) is 35.4 Å². The van der Waals surface area contributed by atoms with Gasteiger partial charge in [0.2, 0.25) is 0 Å². The Morgan fingerprint density at radius 3 is 2.61 bits per heavy atom. The number of rotatable bonds is 3. The fraction of sp³-hybridized carbons (Fsp3) is 0.375. The molecule has 0 aliphatic rings. The van der Waals surface area contributed by atoms with Crippen molar-refractivity contribution in [2.24, 2.45) is 5.41 Å². The Bertz CT molecular complexity index is 540. The number of halogens is 1. The van der Waals surface area contributed by atoms with E-state index in [4.69, 9.17) is 4.74 Å². The molecule has 0 spiro atoms. The summed E-state index contributed by atoms with van der Waals surface area (Å²) in [5.74, 6) is 0.533. The molecule has 18 heavy (non-hydrogen) atoms. The Morgan fingerprint density at radius 2 is 1.89 bits per heavy atom. The van der Waals surface area contributed by atoms with Crippen molar-refractivity contribution in [3.8, 4) is 5.75 Å². The van der Waals surface area contributed by atoms with Gasteiger partial charge in [0.25, 0.3) is 0 Å². The van der Waals surface area contributed by atoms with Gasteiger partial charge < -0.3 is 4.74 Å². The number of ether oxygens (including phenoxy) is 1. The monoisotopic (exact) mass is 246 g/mol. The molecule has 0 N–H and O–H groups in total. The number of benzene rings is 2. The Kier molecular flexibility index (Phi) is 3.55. The topological polar surface area (TPSA) is 9.23 Å². The lowest BCUT2D eigenvalue weighted by Gasteiger charge is -2.18. The summed E-state index contributed by atoms with van der Waals surface area (Å²) >= 11 is 0. The van der Waals surface area contributed by atoms with Crippen molar-refractivity contribution in [3.63, 3.8) is 0 Å². The molecule has 0 fully saturated rings. The summed E-state index contributed by atoms with van der Waals surface area (Å²) in [4.78, 5) is 0. The minimum absolute atomic E-state index is 0.227. The van der Waals surface area contributed by atoms with Crippen LogP contribution in [0, 0.1) is 11.2 Å². The van der Waals surface area contributed by atoms with E-state index in [2.05, 4.69) is 20.8 Å². The molecule has 0 saturated heterocycles. The standard InChI is InChI=1S/C16H19FO/c1-16(2,3)9-10-18-15-6-4-5-12-7-8-13(17)11-14(12)15/h4-8,11H,9-10H2,1-3H3. The van der Waals surface area contributed by atoms with Gasteiger partial charge in [0, 0.05) is 5.39 Å². The van der Waals surface area contributed by atoms with Crippen LogP contribution in [-0.4, -0.2) is 6.61 Å². The lowest BCUT2D eigenvalue weighted by molar-refractivity contribution is 0.245. The van der Waals surface area contributed by atoms with Crippen molar-refractivity contribution in [2.75, 3.05) is 6.61 Å². The third-order valence-corrected chi connectivity index (χ3v) is 2.91. The molecule has 0 aliphatic carbocycles. The molecule has 2 aromatic carbocycles. The average Bonchev–Trinajstić information content (AvgIpc) is 2.28. The molecule has 0 aliphatic heterocycles. The van der Waals surface area contributed by atoms with E-state index in [1.54, 1.807) is 6.07 Å². The molecule has 2 heteroatoms. The molecule has 2 aromatic rings. The first-order chi connectivity index (χ1) is 8.46. The molecule has 2 rings (SSSR count). The molecular weight excluding hydrogens is 227 g/mol. The van der Waals surface area contributed by atoms with Gasteiger partial charge in [-0.15, -0.1) is 0 Å². The maximum atomic E-state index is 13.3. The molecule has 0 unspecified atom stereocenters. The quantitative estimate of drug-likeness (QED) is 0.756. The van der Waals surface area contributed by atoms with Crippen LogP contribution >= 0.6 is 0 Å². The molecule has 0 bridgehead atoms.